The molecular weight excluding hydrogens is 211 g/mol. The minimum atomic E-state index is -4.72. The summed E-state index contributed by atoms with van der Waals surface area (Å²) in [6.45, 7) is 0. The van der Waals surface area contributed by atoms with Crippen molar-refractivity contribution in [1.82, 2.24) is 9.78 Å². The minimum Gasteiger partial charge on any atom is -0.386 e. The van der Waals surface area contributed by atoms with E-state index in [0.29, 0.717) is 0 Å². The molecule has 0 aliphatic carbocycles. The second kappa shape index (κ2) is 3.73. The second-order valence-electron chi connectivity index (χ2n) is 2.08. The molecule has 1 rings (SSSR count). The zero-order chi connectivity index (χ0) is 9.35. The molecule has 4 nitrogen and oxygen atoms in total. The fraction of sp³-hybridized carbons (Fsp3) is 0.400. The van der Waals surface area contributed by atoms with Crippen molar-refractivity contribution in [1.29, 1.82) is 0 Å². The third-order valence-electron chi connectivity index (χ3n) is 1.11. The number of hydrogen-bond donors (Lipinski definition) is 1. The molecular formula is C5H7ClF3N3O. The molecule has 0 bridgehead atoms. The zero-order valence-electron chi connectivity index (χ0n) is 6.50. The summed E-state index contributed by atoms with van der Waals surface area (Å²) in [6, 6.07) is 0.994. The standard InChI is InChI=1S/C5H6F3N3O.ClH/c1-11-3(9)2-4(10-11)12-5(6,7)8;/h2H,9H2,1H3;1H. The van der Waals surface area contributed by atoms with Gasteiger partial charge in [0.05, 0.1) is 0 Å². The lowest BCUT2D eigenvalue weighted by atomic mass is 10.6. The lowest BCUT2D eigenvalue weighted by Gasteiger charge is -2.03. The fourth-order valence-corrected chi connectivity index (χ4v) is 0.623. The molecule has 0 aliphatic heterocycles. The van der Waals surface area contributed by atoms with Gasteiger partial charge in [-0.15, -0.1) is 30.7 Å². The Balaban J connectivity index is 0.00000144. The summed E-state index contributed by atoms with van der Waals surface area (Å²) in [5.41, 5.74) is 5.21. The van der Waals surface area contributed by atoms with Crippen molar-refractivity contribution >= 4 is 18.2 Å². The van der Waals surface area contributed by atoms with Crippen LogP contribution in [0.2, 0.25) is 0 Å². The van der Waals surface area contributed by atoms with Crippen LogP contribution in [0, 0.1) is 0 Å². The normalized spacial score (nSPS) is 10.8. The molecule has 0 saturated heterocycles. The van der Waals surface area contributed by atoms with E-state index in [0.717, 1.165) is 10.7 Å². The molecule has 0 unspecified atom stereocenters. The molecule has 1 aromatic rings. The highest BCUT2D eigenvalue weighted by Gasteiger charge is 2.32. The average molecular weight is 218 g/mol. The molecule has 0 fully saturated rings. The van der Waals surface area contributed by atoms with E-state index in [4.69, 9.17) is 5.73 Å². The van der Waals surface area contributed by atoms with Crippen molar-refractivity contribution in [3.63, 3.8) is 0 Å². The fourth-order valence-electron chi connectivity index (χ4n) is 0.623. The second-order valence-corrected chi connectivity index (χ2v) is 2.08. The Morgan fingerprint density at radius 1 is 1.54 bits per heavy atom. The number of aryl methyl sites for hydroxylation is 1. The van der Waals surface area contributed by atoms with Gasteiger partial charge in [0.25, 0.3) is 0 Å². The van der Waals surface area contributed by atoms with Gasteiger partial charge in [0.15, 0.2) is 0 Å². The van der Waals surface area contributed by atoms with Crippen molar-refractivity contribution in [2.75, 3.05) is 5.73 Å². The molecule has 0 aromatic carbocycles. The highest BCUT2D eigenvalue weighted by atomic mass is 35.5. The highest BCUT2D eigenvalue weighted by Crippen LogP contribution is 2.22. The lowest BCUT2D eigenvalue weighted by Crippen LogP contribution is -2.17. The van der Waals surface area contributed by atoms with E-state index in [1.54, 1.807) is 0 Å². The van der Waals surface area contributed by atoms with Gasteiger partial charge in [-0.3, -0.25) is 0 Å². The van der Waals surface area contributed by atoms with Gasteiger partial charge >= 0.3 is 6.36 Å². The summed E-state index contributed by atoms with van der Waals surface area (Å²) in [6.07, 6.45) is -4.72. The van der Waals surface area contributed by atoms with Crippen LogP contribution in [0.25, 0.3) is 0 Å². The van der Waals surface area contributed by atoms with Gasteiger partial charge in [-0.2, -0.15) is 0 Å². The van der Waals surface area contributed by atoms with Crippen molar-refractivity contribution in [3.8, 4) is 5.88 Å². The molecule has 1 heterocycles. The SMILES string of the molecule is Cl.Cn1nc(OC(F)(F)F)cc1N. The van der Waals surface area contributed by atoms with Gasteiger partial charge in [-0.25, -0.2) is 4.68 Å². The van der Waals surface area contributed by atoms with Crippen LogP contribution in [-0.4, -0.2) is 16.1 Å². The van der Waals surface area contributed by atoms with Crippen LogP contribution in [0.3, 0.4) is 0 Å². The van der Waals surface area contributed by atoms with Crippen LogP contribution < -0.4 is 10.5 Å². The molecule has 0 radical (unpaired) electrons. The quantitative estimate of drug-likeness (QED) is 0.772. The topological polar surface area (TPSA) is 53.1 Å². The number of nitrogens with zero attached hydrogens (tertiary/aromatic N) is 2. The maximum Gasteiger partial charge on any atom is 0.574 e. The molecule has 0 spiro atoms. The number of aromatic nitrogens is 2. The third-order valence-corrected chi connectivity index (χ3v) is 1.11. The Kier molecular flexibility index (Phi) is 3.42. The average Bonchev–Trinajstić information content (AvgIpc) is 2.07. The Bertz CT molecular complexity index is 266. The highest BCUT2D eigenvalue weighted by molar-refractivity contribution is 5.85. The van der Waals surface area contributed by atoms with Gasteiger partial charge in [0.2, 0.25) is 5.88 Å². The number of nitrogen functional groups attached to an aromatic ring is 1. The van der Waals surface area contributed by atoms with E-state index in [2.05, 4.69) is 9.84 Å². The molecule has 0 amide bonds. The Morgan fingerprint density at radius 3 is 2.38 bits per heavy atom. The van der Waals surface area contributed by atoms with Crippen molar-refractivity contribution in [2.45, 2.75) is 6.36 Å². The number of ether oxygens (including phenoxy) is 1. The van der Waals surface area contributed by atoms with E-state index in [1.807, 2.05) is 0 Å². The molecule has 1 aromatic heterocycles. The van der Waals surface area contributed by atoms with Crippen LogP contribution in [0.5, 0.6) is 5.88 Å². The van der Waals surface area contributed by atoms with E-state index in [-0.39, 0.29) is 18.2 Å². The van der Waals surface area contributed by atoms with Gasteiger partial charge in [0, 0.05) is 13.1 Å². The van der Waals surface area contributed by atoms with Gasteiger partial charge in [-0.05, 0) is 0 Å². The first-order valence-electron chi connectivity index (χ1n) is 2.94. The number of alkyl halides is 3. The molecule has 8 heteroatoms. The first-order chi connectivity index (χ1) is 5.38. The largest absolute Gasteiger partial charge is 0.574 e. The van der Waals surface area contributed by atoms with Crippen LogP contribution in [0.4, 0.5) is 19.0 Å². The van der Waals surface area contributed by atoms with Crippen molar-refractivity contribution < 1.29 is 17.9 Å². The van der Waals surface area contributed by atoms with Crippen LogP contribution >= 0.6 is 12.4 Å². The summed E-state index contributed by atoms with van der Waals surface area (Å²) < 4.78 is 39.3. The molecule has 2 N–H and O–H groups in total. The molecule has 0 atom stereocenters. The predicted octanol–water partition coefficient (Wildman–Crippen LogP) is 1.32. The molecule has 13 heavy (non-hydrogen) atoms. The monoisotopic (exact) mass is 217 g/mol. The molecule has 0 saturated carbocycles. The smallest absolute Gasteiger partial charge is 0.386 e. The van der Waals surface area contributed by atoms with Crippen LogP contribution in [0.1, 0.15) is 0 Å². The lowest BCUT2D eigenvalue weighted by molar-refractivity contribution is -0.276. The van der Waals surface area contributed by atoms with E-state index in [9.17, 15) is 13.2 Å². The Hall–Kier alpha value is -1.11. The van der Waals surface area contributed by atoms with Gasteiger partial charge in [0.1, 0.15) is 5.82 Å². The third kappa shape index (κ3) is 3.41. The number of nitrogens with two attached hydrogens (primary N) is 1. The summed E-state index contributed by atoms with van der Waals surface area (Å²) in [4.78, 5) is 0. The van der Waals surface area contributed by atoms with Gasteiger partial charge < -0.3 is 10.5 Å². The number of halogens is 4. The summed E-state index contributed by atoms with van der Waals surface area (Å²) in [5.74, 6) is -0.447. The summed E-state index contributed by atoms with van der Waals surface area (Å²) in [5, 5.41) is 3.35. The van der Waals surface area contributed by atoms with Crippen molar-refractivity contribution in [2.24, 2.45) is 7.05 Å². The number of rotatable bonds is 1. The molecule has 0 aliphatic rings. The van der Waals surface area contributed by atoms with Gasteiger partial charge in [-0.1, -0.05) is 0 Å². The first kappa shape index (κ1) is 11.9. The maximum absolute atomic E-state index is 11.6. The molecule has 76 valence electrons. The maximum atomic E-state index is 11.6. The van der Waals surface area contributed by atoms with E-state index in [1.165, 1.54) is 7.05 Å². The number of anilines is 1. The Labute approximate surface area is 77.9 Å². The van der Waals surface area contributed by atoms with Crippen molar-refractivity contribution in [3.05, 3.63) is 6.07 Å². The summed E-state index contributed by atoms with van der Waals surface area (Å²) >= 11 is 0. The Morgan fingerprint density at radius 2 is 2.08 bits per heavy atom. The predicted molar refractivity (Wildman–Crippen MR) is 41.6 cm³/mol. The number of hydrogen-bond acceptors (Lipinski definition) is 3. The summed E-state index contributed by atoms with van der Waals surface area (Å²) in [7, 11) is 1.42. The first-order valence-corrected chi connectivity index (χ1v) is 2.94. The van der Waals surface area contributed by atoms with Crippen LogP contribution in [0.15, 0.2) is 6.07 Å². The minimum absolute atomic E-state index is 0. The van der Waals surface area contributed by atoms with Crippen LogP contribution in [-0.2, 0) is 7.05 Å². The van der Waals surface area contributed by atoms with E-state index >= 15 is 0 Å². The van der Waals surface area contributed by atoms with E-state index < -0.39 is 12.2 Å². The zero-order valence-corrected chi connectivity index (χ0v) is 7.32.